The van der Waals surface area contributed by atoms with Crippen LogP contribution in [0.5, 0.6) is 0 Å². The quantitative estimate of drug-likeness (QED) is 0.909. The van der Waals surface area contributed by atoms with Gasteiger partial charge in [-0.2, -0.15) is 0 Å². The Morgan fingerprint density at radius 2 is 2.32 bits per heavy atom. The van der Waals surface area contributed by atoms with Crippen molar-refractivity contribution in [3.8, 4) is 0 Å². The van der Waals surface area contributed by atoms with Crippen LogP contribution in [-0.4, -0.2) is 41.0 Å². The van der Waals surface area contributed by atoms with E-state index in [1.54, 1.807) is 0 Å². The summed E-state index contributed by atoms with van der Waals surface area (Å²) in [5, 5.41) is 3.33. The Morgan fingerprint density at radius 1 is 1.42 bits per heavy atom. The second kappa shape index (κ2) is 5.31. The van der Waals surface area contributed by atoms with Crippen LogP contribution in [0.3, 0.4) is 0 Å². The summed E-state index contributed by atoms with van der Waals surface area (Å²) < 4.78 is 2.12. The first-order valence-corrected chi connectivity index (χ1v) is 7.15. The smallest absolute Gasteiger partial charge is 0.137 e. The first-order valence-electron chi connectivity index (χ1n) is 7.15. The molecule has 0 bridgehead atoms. The highest BCUT2D eigenvalue weighted by atomic mass is 15.2. The minimum Gasteiger partial charge on any atom is -0.319 e. The molecule has 0 radical (unpaired) electrons. The van der Waals surface area contributed by atoms with Crippen molar-refractivity contribution in [2.45, 2.75) is 19.4 Å². The van der Waals surface area contributed by atoms with Gasteiger partial charge in [0.2, 0.25) is 0 Å². The van der Waals surface area contributed by atoms with Crippen molar-refractivity contribution in [2.24, 2.45) is 5.92 Å². The minimum atomic E-state index is 0.456. The zero-order valence-electron chi connectivity index (χ0n) is 11.7. The summed E-state index contributed by atoms with van der Waals surface area (Å²) in [6.07, 6.45) is 5.52. The fourth-order valence-electron chi connectivity index (χ4n) is 3.28. The van der Waals surface area contributed by atoms with Crippen LogP contribution in [-0.2, 0) is 0 Å². The fourth-order valence-corrected chi connectivity index (χ4v) is 3.28. The third kappa shape index (κ3) is 2.26. The maximum atomic E-state index is 4.82. The van der Waals surface area contributed by atoms with Crippen LogP contribution in [0.1, 0.15) is 25.1 Å². The number of likely N-dealkylation sites (tertiary alicyclic amines) is 1. The van der Waals surface area contributed by atoms with Crippen molar-refractivity contribution in [2.75, 3.05) is 26.7 Å². The SMILES string of the molecule is CCN1CCC(CNC)C1c1cn2ccccc2n1. The molecule has 2 aromatic heterocycles. The highest BCUT2D eigenvalue weighted by Crippen LogP contribution is 2.36. The maximum Gasteiger partial charge on any atom is 0.137 e. The van der Waals surface area contributed by atoms with Crippen LogP contribution < -0.4 is 5.32 Å². The molecule has 2 atom stereocenters. The average molecular weight is 258 g/mol. The largest absolute Gasteiger partial charge is 0.319 e. The van der Waals surface area contributed by atoms with Crippen molar-refractivity contribution in [1.82, 2.24) is 19.6 Å². The molecular weight excluding hydrogens is 236 g/mol. The first-order chi connectivity index (χ1) is 9.33. The average Bonchev–Trinajstić information content (AvgIpc) is 3.01. The van der Waals surface area contributed by atoms with Gasteiger partial charge in [-0.3, -0.25) is 4.90 Å². The molecule has 1 saturated heterocycles. The summed E-state index contributed by atoms with van der Waals surface area (Å²) in [5.41, 5.74) is 2.26. The molecule has 3 rings (SSSR count). The van der Waals surface area contributed by atoms with Crippen LogP contribution in [0.25, 0.3) is 5.65 Å². The number of hydrogen-bond donors (Lipinski definition) is 1. The molecule has 4 nitrogen and oxygen atoms in total. The van der Waals surface area contributed by atoms with E-state index in [0.29, 0.717) is 12.0 Å². The predicted octanol–water partition coefficient (Wildman–Crippen LogP) is 1.94. The van der Waals surface area contributed by atoms with Crippen LogP contribution >= 0.6 is 0 Å². The first kappa shape index (κ1) is 12.6. The van der Waals surface area contributed by atoms with Gasteiger partial charge in [-0.1, -0.05) is 13.0 Å². The molecule has 0 aromatic carbocycles. The zero-order chi connectivity index (χ0) is 13.2. The zero-order valence-corrected chi connectivity index (χ0v) is 11.7. The van der Waals surface area contributed by atoms with Gasteiger partial charge in [-0.25, -0.2) is 4.98 Å². The van der Waals surface area contributed by atoms with E-state index in [0.717, 1.165) is 18.7 Å². The van der Waals surface area contributed by atoms with E-state index < -0.39 is 0 Å². The third-order valence-electron chi connectivity index (χ3n) is 4.19. The molecule has 0 saturated carbocycles. The van der Waals surface area contributed by atoms with Crippen molar-refractivity contribution < 1.29 is 0 Å². The molecule has 0 spiro atoms. The lowest BCUT2D eigenvalue weighted by molar-refractivity contribution is 0.234. The van der Waals surface area contributed by atoms with E-state index in [1.807, 2.05) is 13.1 Å². The Bertz CT molecular complexity index is 515. The summed E-state index contributed by atoms with van der Waals surface area (Å²) in [5.74, 6) is 0.662. The van der Waals surface area contributed by atoms with Crippen LogP contribution in [0.4, 0.5) is 0 Å². The van der Waals surface area contributed by atoms with Gasteiger partial charge in [0.25, 0.3) is 0 Å². The van der Waals surface area contributed by atoms with E-state index >= 15 is 0 Å². The van der Waals surface area contributed by atoms with Crippen LogP contribution in [0, 0.1) is 5.92 Å². The highest BCUT2D eigenvalue weighted by Gasteiger charge is 2.35. The molecule has 0 amide bonds. The monoisotopic (exact) mass is 258 g/mol. The Kier molecular flexibility index (Phi) is 3.53. The molecule has 19 heavy (non-hydrogen) atoms. The molecule has 102 valence electrons. The van der Waals surface area contributed by atoms with Gasteiger partial charge in [0, 0.05) is 12.4 Å². The maximum absolute atomic E-state index is 4.82. The lowest BCUT2D eigenvalue weighted by Crippen LogP contribution is -2.29. The second-order valence-electron chi connectivity index (χ2n) is 5.31. The van der Waals surface area contributed by atoms with Crippen molar-refractivity contribution >= 4 is 5.65 Å². The molecule has 0 aliphatic carbocycles. The van der Waals surface area contributed by atoms with Gasteiger partial charge in [-0.05, 0) is 51.2 Å². The topological polar surface area (TPSA) is 32.6 Å². The summed E-state index contributed by atoms with van der Waals surface area (Å²) in [6.45, 7) is 5.58. The van der Waals surface area contributed by atoms with E-state index in [9.17, 15) is 0 Å². The molecule has 2 aromatic rings. The second-order valence-corrected chi connectivity index (χ2v) is 5.31. The molecule has 1 fully saturated rings. The predicted molar refractivity (Wildman–Crippen MR) is 77.2 cm³/mol. The number of imidazole rings is 1. The fraction of sp³-hybridized carbons (Fsp3) is 0.533. The number of fused-ring (bicyclic) bond motifs is 1. The number of nitrogens with zero attached hydrogens (tertiary/aromatic N) is 3. The lowest BCUT2D eigenvalue weighted by atomic mass is 9.98. The van der Waals surface area contributed by atoms with Crippen molar-refractivity contribution in [1.29, 1.82) is 0 Å². The number of rotatable bonds is 4. The van der Waals surface area contributed by atoms with Gasteiger partial charge in [0.15, 0.2) is 0 Å². The molecular formula is C15H22N4. The molecule has 1 N–H and O–H groups in total. The Balaban J connectivity index is 1.96. The van der Waals surface area contributed by atoms with Crippen LogP contribution in [0.2, 0.25) is 0 Å². The molecule has 3 heterocycles. The Morgan fingerprint density at radius 3 is 3.05 bits per heavy atom. The third-order valence-corrected chi connectivity index (χ3v) is 4.19. The van der Waals surface area contributed by atoms with Crippen LogP contribution in [0.15, 0.2) is 30.6 Å². The van der Waals surface area contributed by atoms with Crippen molar-refractivity contribution in [3.05, 3.63) is 36.3 Å². The molecule has 2 unspecified atom stereocenters. The van der Waals surface area contributed by atoms with Gasteiger partial charge < -0.3 is 9.72 Å². The number of aromatic nitrogens is 2. The van der Waals surface area contributed by atoms with E-state index in [1.165, 1.54) is 18.7 Å². The lowest BCUT2D eigenvalue weighted by Gasteiger charge is -2.25. The Hall–Kier alpha value is -1.39. The number of hydrogen-bond acceptors (Lipinski definition) is 3. The standard InChI is InChI=1S/C15H22N4/c1-3-18-9-7-12(10-16-2)15(18)13-11-19-8-5-4-6-14(19)17-13/h4-6,8,11-12,15-16H,3,7,9-10H2,1-2H3. The van der Waals surface area contributed by atoms with Gasteiger partial charge in [-0.15, -0.1) is 0 Å². The molecule has 4 heteroatoms. The normalized spacial score (nSPS) is 24.3. The Labute approximate surface area is 114 Å². The van der Waals surface area contributed by atoms with Gasteiger partial charge in [0.1, 0.15) is 5.65 Å². The summed E-state index contributed by atoms with van der Waals surface area (Å²) in [4.78, 5) is 7.36. The van der Waals surface area contributed by atoms with E-state index in [4.69, 9.17) is 4.98 Å². The van der Waals surface area contributed by atoms with E-state index in [2.05, 4.69) is 46.1 Å². The summed E-state index contributed by atoms with van der Waals surface area (Å²) in [6, 6.07) is 6.62. The summed E-state index contributed by atoms with van der Waals surface area (Å²) in [7, 11) is 2.04. The van der Waals surface area contributed by atoms with Crippen molar-refractivity contribution in [3.63, 3.8) is 0 Å². The number of pyridine rings is 1. The number of nitrogens with one attached hydrogen (secondary N) is 1. The highest BCUT2D eigenvalue weighted by molar-refractivity contribution is 5.40. The molecule has 1 aliphatic heterocycles. The van der Waals surface area contributed by atoms with Gasteiger partial charge in [0.05, 0.1) is 11.7 Å². The minimum absolute atomic E-state index is 0.456. The van der Waals surface area contributed by atoms with E-state index in [-0.39, 0.29) is 0 Å². The summed E-state index contributed by atoms with van der Waals surface area (Å²) >= 11 is 0. The molecule has 1 aliphatic rings. The van der Waals surface area contributed by atoms with Gasteiger partial charge >= 0.3 is 0 Å².